The van der Waals surface area contributed by atoms with E-state index in [1.165, 1.54) is 11.3 Å². The molecule has 114 valence electrons. The monoisotopic (exact) mass is 307 g/mol. The Balaban J connectivity index is 2.17. The molecular weight excluding hydrogens is 286 g/mol. The van der Waals surface area contributed by atoms with Gasteiger partial charge in [0.15, 0.2) is 5.13 Å². The van der Waals surface area contributed by atoms with Gasteiger partial charge in [0.25, 0.3) is 5.56 Å². The van der Waals surface area contributed by atoms with Crippen LogP contribution < -0.4 is 10.9 Å². The van der Waals surface area contributed by atoms with Gasteiger partial charge in [-0.2, -0.15) is 0 Å². The molecule has 0 amide bonds. The maximum Gasteiger partial charge on any atom is 0.260 e. The van der Waals surface area contributed by atoms with Crippen molar-refractivity contribution in [2.75, 3.05) is 25.6 Å². The predicted molar refractivity (Wildman–Crippen MR) is 87.1 cm³/mol. The van der Waals surface area contributed by atoms with Crippen LogP contribution in [-0.2, 0) is 11.3 Å². The number of thiazole rings is 1. The number of pyridine rings is 1. The fraction of sp³-hybridized carbons (Fsp3) is 0.467. The molecule has 0 aliphatic rings. The molecule has 0 aliphatic carbocycles. The van der Waals surface area contributed by atoms with Crippen LogP contribution in [0.4, 0.5) is 5.13 Å². The number of hydrogen-bond donors (Lipinski definition) is 1. The van der Waals surface area contributed by atoms with Gasteiger partial charge >= 0.3 is 0 Å². The Morgan fingerprint density at radius 1 is 1.48 bits per heavy atom. The fourth-order valence-electron chi connectivity index (χ4n) is 2.00. The number of rotatable bonds is 8. The molecule has 21 heavy (non-hydrogen) atoms. The van der Waals surface area contributed by atoms with Crippen LogP contribution in [0.3, 0.4) is 0 Å². The maximum absolute atomic E-state index is 12.5. The molecule has 2 heterocycles. The van der Waals surface area contributed by atoms with E-state index in [4.69, 9.17) is 4.74 Å². The first kappa shape index (κ1) is 15.7. The zero-order chi connectivity index (χ0) is 15.1. The molecular formula is C15H21N3O2S. The van der Waals surface area contributed by atoms with Crippen molar-refractivity contribution in [1.29, 1.82) is 0 Å². The van der Waals surface area contributed by atoms with Crippen molar-refractivity contribution in [2.45, 2.75) is 26.3 Å². The number of methoxy groups -OCH3 is 1. The normalized spacial score (nSPS) is 10.8. The zero-order valence-electron chi connectivity index (χ0n) is 12.5. The Kier molecular flexibility index (Phi) is 5.95. The molecule has 0 fully saturated rings. The fourth-order valence-corrected chi connectivity index (χ4v) is 2.74. The number of anilines is 1. The van der Waals surface area contributed by atoms with Crippen molar-refractivity contribution in [3.8, 4) is 11.3 Å². The van der Waals surface area contributed by atoms with Crippen LogP contribution in [0.25, 0.3) is 11.3 Å². The highest BCUT2D eigenvalue weighted by Crippen LogP contribution is 2.22. The van der Waals surface area contributed by atoms with E-state index in [9.17, 15) is 4.79 Å². The van der Waals surface area contributed by atoms with Crippen LogP contribution in [0.2, 0.25) is 0 Å². The van der Waals surface area contributed by atoms with Crippen LogP contribution in [0.15, 0.2) is 28.5 Å². The second kappa shape index (κ2) is 7.95. The second-order valence-electron chi connectivity index (χ2n) is 4.73. The van der Waals surface area contributed by atoms with E-state index < -0.39 is 0 Å². The molecule has 5 nitrogen and oxygen atoms in total. The number of nitrogens with one attached hydrogen (secondary N) is 1. The molecule has 2 aromatic rings. The maximum atomic E-state index is 12.5. The first-order valence-electron chi connectivity index (χ1n) is 7.14. The molecule has 0 saturated heterocycles. The van der Waals surface area contributed by atoms with Crippen LogP contribution in [0, 0.1) is 0 Å². The van der Waals surface area contributed by atoms with Crippen molar-refractivity contribution < 1.29 is 4.74 Å². The van der Waals surface area contributed by atoms with E-state index in [1.807, 2.05) is 23.7 Å². The van der Waals surface area contributed by atoms with E-state index in [1.54, 1.807) is 11.7 Å². The number of aryl methyl sites for hydroxylation is 1. The topological polar surface area (TPSA) is 56.1 Å². The largest absolute Gasteiger partial charge is 0.385 e. The van der Waals surface area contributed by atoms with E-state index in [2.05, 4.69) is 17.2 Å². The summed E-state index contributed by atoms with van der Waals surface area (Å²) in [6, 6.07) is 3.72. The van der Waals surface area contributed by atoms with E-state index >= 15 is 0 Å². The van der Waals surface area contributed by atoms with Gasteiger partial charge in [-0.25, -0.2) is 4.98 Å². The molecule has 0 bridgehead atoms. The van der Waals surface area contributed by atoms with Crippen molar-refractivity contribution in [1.82, 2.24) is 9.55 Å². The van der Waals surface area contributed by atoms with Gasteiger partial charge in [0, 0.05) is 38.4 Å². The Bertz CT molecular complexity index is 621. The van der Waals surface area contributed by atoms with Gasteiger partial charge in [-0.1, -0.05) is 6.92 Å². The summed E-state index contributed by atoms with van der Waals surface area (Å²) in [6.07, 6.45) is 3.68. The quantitative estimate of drug-likeness (QED) is 0.762. The average molecular weight is 307 g/mol. The van der Waals surface area contributed by atoms with Crippen LogP contribution >= 0.6 is 11.3 Å². The highest BCUT2D eigenvalue weighted by atomic mass is 32.1. The number of hydrogen-bond acceptors (Lipinski definition) is 5. The number of nitrogens with zero attached hydrogens (tertiary/aromatic N) is 2. The minimum absolute atomic E-state index is 0.000875. The van der Waals surface area contributed by atoms with Crippen LogP contribution in [0.1, 0.15) is 19.8 Å². The summed E-state index contributed by atoms with van der Waals surface area (Å²) in [5.41, 5.74) is 1.39. The minimum atomic E-state index is 0.000875. The summed E-state index contributed by atoms with van der Waals surface area (Å²) < 4.78 is 6.74. The number of ether oxygens (including phenoxy) is 1. The highest BCUT2D eigenvalue weighted by molar-refractivity contribution is 7.14. The van der Waals surface area contributed by atoms with Gasteiger partial charge in [0.2, 0.25) is 0 Å². The lowest BCUT2D eigenvalue weighted by atomic mass is 10.2. The second-order valence-corrected chi connectivity index (χ2v) is 5.59. The standard InChI is InChI=1S/C15H21N3O2S/c1-3-7-16-15-17-13(11-21-15)12-6-4-8-18(14(12)19)9-5-10-20-2/h4,6,8,11H,3,5,7,9-10H2,1-2H3,(H,16,17). The molecule has 6 heteroatoms. The molecule has 0 unspecified atom stereocenters. The van der Waals surface area contributed by atoms with E-state index in [0.29, 0.717) is 18.7 Å². The summed E-state index contributed by atoms with van der Waals surface area (Å²) in [7, 11) is 1.67. The first-order valence-corrected chi connectivity index (χ1v) is 8.02. The number of aromatic nitrogens is 2. The third-order valence-corrected chi connectivity index (χ3v) is 3.87. The lowest BCUT2D eigenvalue weighted by molar-refractivity contribution is 0.190. The Morgan fingerprint density at radius 2 is 2.33 bits per heavy atom. The van der Waals surface area contributed by atoms with Gasteiger partial charge in [-0.3, -0.25) is 4.79 Å². The Hall–Kier alpha value is -1.66. The third-order valence-electron chi connectivity index (χ3n) is 3.07. The Morgan fingerprint density at radius 3 is 3.10 bits per heavy atom. The van der Waals surface area contributed by atoms with E-state index in [0.717, 1.165) is 30.2 Å². The van der Waals surface area contributed by atoms with Crippen molar-refractivity contribution in [2.24, 2.45) is 0 Å². The van der Waals surface area contributed by atoms with Crippen molar-refractivity contribution in [3.63, 3.8) is 0 Å². The van der Waals surface area contributed by atoms with Gasteiger partial charge in [-0.05, 0) is 25.0 Å². The Labute approximate surface area is 128 Å². The van der Waals surface area contributed by atoms with Gasteiger partial charge < -0.3 is 14.6 Å². The lowest BCUT2D eigenvalue weighted by Crippen LogP contribution is -2.21. The average Bonchev–Trinajstić information content (AvgIpc) is 2.96. The zero-order valence-corrected chi connectivity index (χ0v) is 13.3. The molecule has 1 N–H and O–H groups in total. The summed E-state index contributed by atoms with van der Waals surface area (Å²) >= 11 is 1.53. The molecule has 2 rings (SSSR count). The molecule has 0 radical (unpaired) electrons. The predicted octanol–water partition coefficient (Wildman–Crippen LogP) is 2.83. The molecule has 2 aromatic heterocycles. The summed E-state index contributed by atoms with van der Waals surface area (Å²) in [6.45, 7) is 4.31. The van der Waals surface area contributed by atoms with E-state index in [-0.39, 0.29) is 5.56 Å². The lowest BCUT2D eigenvalue weighted by Gasteiger charge is -2.06. The molecule has 0 atom stereocenters. The van der Waals surface area contributed by atoms with Gasteiger partial charge in [0.1, 0.15) is 0 Å². The summed E-state index contributed by atoms with van der Waals surface area (Å²) in [5, 5.41) is 6.03. The first-order chi connectivity index (χ1) is 10.3. The molecule has 0 aromatic carbocycles. The highest BCUT2D eigenvalue weighted by Gasteiger charge is 2.09. The van der Waals surface area contributed by atoms with Crippen LogP contribution in [-0.4, -0.2) is 29.8 Å². The minimum Gasteiger partial charge on any atom is -0.385 e. The van der Waals surface area contributed by atoms with Crippen molar-refractivity contribution >= 4 is 16.5 Å². The van der Waals surface area contributed by atoms with Crippen molar-refractivity contribution in [3.05, 3.63) is 34.1 Å². The summed E-state index contributed by atoms with van der Waals surface area (Å²) in [4.78, 5) is 16.9. The molecule has 0 spiro atoms. The smallest absolute Gasteiger partial charge is 0.260 e. The third kappa shape index (κ3) is 4.15. The van der Waals surface area contributed by atoms with Gasteiger partial charge in [0.05, 0.1) is 11.3 Å². The van der Waals surface area contributed by atoms with Crippen LogP contribution in [0.5, 0.6) is 0 Å². The summed E-state index contributed by atoms with van der Waals surface area (Å²) in [5.74, 6) is 0. The molecule has 0 saturated carbocycles. The molecule has 0 aliphatic heterocycles. The van der Waals surface area contributed by atoms with Gasteiger partial charge in [-0.15, -0.1) is 11.3 Å². The SMILES string of the molecule is CCCNc1nc(-c2cccn(CCCOC)c2=O)cs1.